The van der Waals surface area contributed by atoms with Crippen molar-refractivity contribution in [3.63, 3.8) is 0 Å². The van der Waals surface area contributed by atoms with Gasteiger partial charge in [-0.1, -0.05) is 18.2 Å². The van der Waals surface area contributed by atoms with Gasteiger partial charge in [-0.15, -0.1) is 0 Å². The Kier molecular flexibility index (Phi) is 3.36. The minimum Gasteiger partial charge on any atom is -0.508 e. The lowest BCUT2D eigenvalue weighted by atomic mass is 10.1. The van der Waals surface area contributed by atoms with E-state index in [1.54, 1.807) is 25.3 Å². The molecule has 106 valence electrons. The highest BCUT2D eigenvalue weighted by atomic mass is 16.5. The number of aryl methyl sites for hydroxylation is 1. The number of rotatable bonds is 3. The third-order valence-electron chi connectivity index (χ3n) is 3.28. The molecule has 21 heavy (non-hydrogen) atoms. The lowest BCUT2D eigenvalue weighted by molar-refractivity contribution is 0.419. The van der Waals surface area contributed by atoms with Crippen LogP contribution in [-0.4, -0.2) is 17.2 Å². The van der Waals surface area contributed by atoms with Crippen molar-refractivity contribution in [1.29, 1.82) is 0 Å². The predicted octanol–water partition coefficient (Wildman–Crippen LogP) is 4.00. The molecule has 4 heteroatoms. The normalized spacial score (nSPS) is 10.6. The maximum atomic E-state index is 9.57. The van der Waals surface area contributed by atoms with Gasteiger partial charge in [-0.25, -0.2) is 4.98 Å². The Labute approximate surface area is 123 Å². The number of pyridine rings is 1. The summed E-state index contributed by atoms with van der Waals surface area (Å²) in [6.45, 7) is 1.94. The fraction of sp³-hybridized carbons (Fsp3) is 0.118. The van der Waals surface area contributed by atoms with Gasteiger partial charge in [-0.2, -0.15) is 0 Å². The van der Waals surface area contributed by atoms with Gasteiger partial charge in [0.15, 0.2) is 0 Å². The zero-order valence-electron chi connectivity index (χ0n) is 11.9. The first kappa shape index (κ1) is 13.2. The first-order valence-corrected chi connectivity index (χ1v) is 6.68. The van der Waals surface area contributed by atoms with Gasteiger partial charge in [0.2, 0.25) is 0 Å². The molecule has 3 aromatic rings. The molecule has 2 N–H and O–H groups in total. The highest BCUT2D eigenvalue weighted by Gasteiger charge is 2.08. The van der Waals surface area contributed by atoms with Gasteiger partial charge in [0.1, 0.15) is 17.0 Å². The maximum Gasteiger partial charge on any atom is 0.145 e. The summed E-state index contributed by atoms with van der Waals surface area (Å²) in [5.74, 6) is 0.975. The monoisotopic (exact) mass is 280 g/mol. The van der Waals surface area contributed by atoms with Crippen LogP contribution in [-0.2, 0) is 0 Å². The van der Waals surface area contributed by atoms with Crippen LogP contribution in [0.15, 0.2) is 48.5 Å². The minimum absolute atomic E-state index is 0.229. The van der Waals surface area contributed by atoms with E-state index >= 15 is 0 Å². The Morgan fingerprint density at radius 2 is 1.90 bits per heavy atom. The molecule has 1 aromatic heterocycles. The SMILES string of the molecule is COc1cccc2c(Nc3cccc(O)c3)cc(C)nc12. The highest BCUT2D eigenvalue weighted by molar-refractivity contribution is 5.96. The molecule has 0 amide bonds. The highest BCUT2D eigenvalue weighted by Crippen LogP contribution is 2.32. The Morgan fingerprint density at radius 3 is 2.67 bits per heavy atom. The maximum absolute atomic E-state index is 9.57. The summed E-state index contributed by atoms with van der Waals surface area (Å²) in [6.07, 6.45) is 0. The lowest BCUT2D eigenvalue weighted by Crippen LogP contribution is -1.96. The summed E-state index contributed by atoms with van der Waals surface area (Å²) < 4.78 is 5.38. The zero-order valence-corrected chi connectivity index (χ0v) is 11.9. The second-order valence-electron chi connectivity index (χ2n) is 4.84. The van der Waals surface area contributed by atoms with Gasteiger partial charge in [0, 0.05) is 28.5 Å². The third-order valence-corrected chi connectivity index (χ3v) is 3.28. The number of fused-ring (bicyclic) bond motifs is 1. The molecule has 3 rings (SSSR count). The van der Waals surface area contributed by atoms with E-state index in [4.69, 9.17) is 4.74 Å². The number of hydrogen-bond donors (Lipinski definition) is 2. The number of aromatic hydroxyl groups is 1. The van der Waals surface area contributed by atoms with Gasteiger partial charge in [-0.05, 0) is 31.2 Å². The Hall–Kier alpha value is -2.75. The van der Waals surface area contributed by atoms with E-state index in [1.165, 1.54) is 0 Å². The molecular weight excluding hydrogens is 264 g/mol. The van der Waals surface area contributed by atoms with Gasteiger partial charge in [0.05, 0.1) is 7.11 Å². The number of nitrogens with one attached hydrogen (secondary N) is 1. The van der Waals surface area contributed by atoms with Crippen LogP contribution in [0, 0.1) is 6.92 Å². The van der Waals surface area contributed by atoms with Crippen LogP contribution in [0.3, 0.4) is 0 Å². The van der Waals surface area contributed by atoms with Crippen molar-refractivity contribution < 1.29 is 9.84 Å². The van der Waals surface area contributed by atoms with Crippen molar-refractivity contribution in [3.8, 4) is 11.5 Å². The van der Waals surface area contributed by atoms with Crippen molar-refractivity contribution in [1.82, 2.24) is 4.98 Å². The van der Waals surface area contributed by atoms with Crippen LogP contribution in [0.25, 0.3) is 10.9 Å². The van der Waals surface area contributed by atoms with E-state index in [9.17, 15) is 5.11 Å². The summed E-state index contributed by atoms with van der Waals surface area (Å²) in [4.78, 5) is 4.55. The van der Waals surface area contributed by atoms with E-state index in [2.05, 4.69) is 10.3 Å². The molecule has 0 radical (unpaired) electrons. The largest absolute Gasteiger partial charge is 0.508 e. The van der Waals surface area contributed by atoms with Crippen molar-refractivity contribution in [2.75, 3.05) is 12.4 Å². The minimum atomic E-state index is 0.229. The smallest absolute Gasteiger partial charge is 0.145 e. The summed E-state index contributed by atoms with van der Waals surface area (Å²) in [5, 5.41) is 13.9. The molecule has 2 aromatic carbocycles. The molecule has 1 heterocycles. The van der Waals surface area contributed by atoms with E-state index < -0.39 is 0 Å². The number of para-hydroxylation sites is 1. The summed E-state index contributed by atoms with van der Waals surface area (Å²) in [6, 6.07) is 14.8. The van der Waals surface area contributed by atoms with Gasteiger partial charge < -0.3 is 15.2 Å². The number of aromatic nitrogens is 1. The van der Waals surface area contributed by atoms with Crippen LogP contribution >= 0.6 is 0 Å². The van der Waals surface area contributed by atoms with Crippen molar-refractivity contribution in [2.24, 2.45) is 0 Å². The van der Waals surface area contributed by atoms with Gasteiger partial charge >= 0.3 is 0 Å². The molecule has 0 aliphatic heterocycles. The molecule has 0 bridgehead atoms. The van der Waals surface area contributed by atoms with Crippen LogP contribution in [0.2, 0.25) is 0 Å². The van der Waals surface area contributed by atoms with Crippen LogP contribution in [0.4, 0.5) is 11.4 Å². The molecule has 0 saturated carbocycles. The summed E-state index contributed by atoms with van der Waals surface area (Å²) >= 11 is 0. The molecule has 0 saturated heterocycles. The van der Waals surface area contributed by atoms with Gasteiger partial charge in [0.25, 0.3) is 0 Å². The molecule has 0 aliphatic carbocycles. The second-order valence-corrected chi connectivity index (χ2v) is 4.84. The fourth-order valence-electron chi connectivity index (χ4n) is 2.36. The Morgan fingerprint density at radius 1 is 1.10 bits per heavy atom. The number of nitrogens with zero attached hydrogens (tertiary/aromatic N) is 1. The molecule has 0 fully saturated rings. The number of ether oxygens (including phenoxy) is 1. The standard InChI is InChI=1S/C17H16N2O2/c1-11-9-15(19-12-5-3-6-13(20)10-12)14-7-4-8-16(21-2)17(14)18-11/h3-10,20H,1-2H3,(H,18,19). The van der Waals surface area contributed by atoms with Crippen molar-refractivity contribution in [3.05, 3.63) is 54.2 Å². The van der Waals surface area contributed by atoms with E-state index in [-0.39, 0.29) is 5.75 Å². The van der Waals surface area contributed by atoms with Gasteiger partial charge in [-0.3, -0.25) is 0 Å². The Balaban J connectivity index is 2.14. The number of benzene rings is 2. The van der Waals surface area contributed by atoms with Crippen molar-refractivity contribution >= 4 is 22.3 Å². The van der Waals surface area contributed by atoms with Crippen molar-refractivity contribution in [2.45, 2.75) is 6.92 Å². The van der Waals surface area contributed by atoms with Crippen LogP contribution in [0.5, 0.6) is 11.5 Å². The van der Waals surface area contributed by atoms with Crippen LogP contribution < -0.4 is 10.1 Å². The summed E-state index contributed by atoms with van der Waals surface area (Å²) in [5.41, 5.74) is 3.48. The molecule has 0 atom stereocenters. The zero-order chi connectivity index (χ0) is 14.8. The first-order chi connectivity index (χ1) is 10.2. The molecule has 4 nitrogen and oxygen atoms in total. The summed E-state index contributed by atoms with van der Waals surface area (Å²) in [7, 11) is 1.64. The molecule has 0 spiro atoms. The topological polar surface area (TPSA) is 54.4 Å². The number of methoxy groups -OCH3 is 1. The number of hydrogen-bond acceptors (Lipinski definition) is 4. The van der Waals surface area contributed by atoms with E-state index in [1.807, 2.05) is 37.3 Å². The molecular formula is C17H16N2O2. The average molecular weight is 280 g/mol. The number of phenols is 1. The van der Waals surface area contributed by atoms with Crippen LogP contribution in [0.1, 0.15) is 5.69 Å². The fourth-order valence-corrected chi connectivity index (χ4v) is 2.36. The Bertz CT molecular complexity index is 800. The third kappa shape index (κ3) is 2.60. The molecule has 0 unspecified atom stereocenters. The van der Waals surface area contributed by atoms with E-state index in [0.717, 1.165) is 33.7 Å². The quantitative estimate of drug-likeness (QED) is 0.761. The number of anilines is 2. The number of phenolic OH excluding ortho intramolecular Hbond substituents is 1. The lowest BCUT2D eigenvalue weighted by Gasteiger charge is -2.12. The first-order valence-electron chi connectivity index (χ1n) is 6.68. The average Bonchev–Trinajstić information content (AvgIpc) is 2.46. The molecule has 0 aliphatic rings. The predicted molar refractivity (Wildman–Crippen MR) is 84.4 cm³/mol. The second kappa shape index (κ2) is 5.32. The van der Waals surface area contributed by atoms with E-state index in [0.29, 0.717) is 0 Å².